The summed E-state index contributed by atoms with van der Waals surface area (Å²) >= 11 is 0. The fourth-order valence-electron chi connectivity index (χ4n) is 1.90. The molecule has 0 atom stereocenters. The maximum absolute atomic E-state index is 5.75. The summed E-state index contributed by atoms with van der Waals surface area (Å²) in [6, 6.07) is 18.7. The highest BCUT2D eigenvalue weighted by Crippen LogP contribution is 2.12. The average molecular weight is 255 g/mol. The normalized spacial score (nSPS) is 10.4. The molecule has 0 heterocycles. The number of rotatable bonds is 7. The van der Waals surface area contributed by atoms with Crippen molar-refractivity contribution in [2.24, 2.45) is 0 Å². The molecule has 0 fully saturated rings. The number of hydrogen-bond acceptors (Lipinski definition) is 2. The van der Waals surface area contributed by atoms with Crippen LogP contribution in [0.4, 0.5) is 0 Å². The number of hydrogen-bond donors (Lipinski definition) is 1. The third kappa shape index (κ3) is 4.76. The van der Waals surface area contributed by atoms with E-state index in [9.17, 15) is 0 Å². The van der Waals surface area contributed by atoms with Gasteiger partial charge in [0, 0.05) is 13.0 Å². The van der Waals surface area contributed by atoms with Gasteiger partial charge in [-0.1, -0.05) is 49.4 Å². The lowest BCUT2D eigenvalue weighted by atomic mass is 10.2. The van der Waals surface area contributed by atoms with Crippen LogP contribution in [0.25, 0.3) is 0 Å². The molecule has 2 nitrogen and oxygen atoms in total. The molecule has 1 N–H and O–H groups in total. The van der Waals surface area contributed by atoms with Gasteiger partial charge in [-0.25, -0.2) is 0 Å². The molecule has 0 bridgehead atoms. The van der Waals surface area contributed by atoms with Crippen LogP contribution in [0, 0.1) is 0 Å². The van der Waals surface area contributed by atoms with E-state index in [1.807, 2.05) is 18.2 Å². The van der Waals surface area contributed by atoms with Gasteiger partial charge >= 0.3 is 0 Å². The van der Waals surface area contributed by atoms with Crippen molar-refractivity contribution in [3.8, 4) is 5.75 Å². The molecule has 2 heteroatoms. The summed E-state index contributed by atoms with van der Waals surface area (Å²) in [5.74, 6) is 0.941. The first-order valence-corrected chi connectivity index (χ1v) is 6.85. The first kappa shape index (κ1) is 13.6. The first-order chi connectivity index (χ1) is 9.38. The Hall–Kier alpha value is -1.80. The Bertz CT molecular complexity index is 464. The quantitative estimate of drug-likeness (QED) is 0.818. The van der Waals surface area contributed by atoms with Crippen molar-refractivity contribution < 1.29 is 4.74 Å². The molecule has 0 aromatic heterocycles. The summed E-state index contributed by atoms with van der Waals surface area (Å²) < 4.78 is 5.75. The van der Waals surface area contributed by atoms with E-state index in [1.165, 1.54) is 11.1 Å². The summed E-state index contributed by atoms with van der Waals surface area (Å²) in [6.07, 6.45) is 0.944. The van der Waals surface area contributed by atoms with Gasteiger partial charge in [0.25, 0.3) is 0 Å². The highest BCUT2D eigenvalue weighted by atomic mass is 16.5. The molecule has 0 saturated carbocycles. The lowest BCUT2D eigenvalue weighted by Crippen LogP contribution is -2.11. The monoisotopic (exact) mass is 255 g/mol. The summed E-state index contributed by atoms with van der Waals surface area (Å²) in [6.45, 7) is 4.74. The van der Waals surface area contributed by atoms with E-state index in [2.05, 4.69) is 48.6 Å². The van der Waals surface area contributed by atoms with Gasteiger partial charge in [0.1, 0.15) is 5.75 Å². The van der Waals surface area contributed by atoms with E-state index in [-0.39, 0.29) is 0 Å². The molecule has 19 heavy (non-hydrogen) atoms. The lowest BCUT2D eigenvalue weighted by molar-refractivity contribution is 0.322. The van der Waals surface area contributed by atoms with Crippen molar-refractivity contribution in [1.29, 1.82) is 0 Å². The molecule has 0 aliphatic carbocycles. The topological polar surface area (TPSA) is 21.3 Å². The van der Waals surface area contributed by atoms with Crippen molar-refractivity contribution in [2.45, 2.75) is 19.9 Å². The third-order valence-electron chi connectivity index (χ3n) is 3.00. The first-order valence-electron chi connectivity index (χ1n) is 6.85. The zero-order chi connectivity index (χ0) is 13.3. The van der Waals surface area contributed by atoms with Crippen molar-refractivity contribution >= 4 is 0 Å². The van der Waals surface area contributed by atoms with E-state index in [4.69, 9.17) is 4.74 Å². The SMILES string of the molecule is CCNCc1ccc(OCCc2ccccc2)cc1. The van der Waals surface area contributed by atoms with Crippen molar-refractivity contribution in [3.05, 3.63) is 65.7 Å². The second-order valence-electron chi connectivity index (χ2n) is 4.51. The molecule has 0 saturated heterocycles. The Labute approximate surface area is 115 Å². The van der Waals surface area contributed by atoms with Gasteiger partial charge in [0.15, 0.2) is 0 Å². The van der Waals surface area contributed by atoms with Crippen LogP contribution in [0.15, 0.2) is 54.6 Å². The summed E-state index contributed by atoms with van der Waals surface area (Å²) in [5, 5.41) is 3.31. The van der Waals surface area contributed by atoms with Gasteiger partial charge in [-0.2, -0.15) is 0 Å². The van der Waals surface area contributed by atoms with Gasteiger partial charge in [0.2, 0.25) is 0 Å². The van der Waals surface area contributed by atoms with Gasteiger partial charge < -0.3 is 10.1 Å². The second kappa shape index (κ2) is 7.59. The van der Waals surface area contributed by atoms with Gasteiger partial charge in [-0.15, -0.1) is 0 Å². The fraction of sp³-hybridized carbons (Fsp3) is 0.294. The Morgan fingerprint density at radius 2 is 1.63 bits per heavy atom. The molecule has 2 rings (SSSR count). The molecule has 0 unspecified atom stereocenters. The molecular weight excluding hydrogens is 234 g/mol. The third-order valence-corrected chi connectivity index (χ3v) is 3.00. The number of nitrogens with one attached hydrogen (secondary N) is 1. The van der Waals surface area contributed by atoms with Crippen LogP contribution >= 0.6 is 0 Å². The summed E-state index contributed by atoms with van der Waals surface area (Å²) in [4.78, 5) is 0. The Morgan fingerprint density at radius 1 is 0.895 bits per heavy atom. The summed E-state index contributed by atoms with van der Waals surface area (Å²) in [5.41, 5.74) is 2.60. The smallest absolute Gasteiger partial charge is 0.119 e. The molecule has 2 aromatic rings. The summed E-state index contributed by atoms with van der Waals surface area (Å²) in [7, 11) is 0. The van der Waals surface area contributed by atoms with Gasteiger partial charge in [0.05, 0.1) is 6.61 Å². The molecule has 0 spiro atoms. The van der Waals surface area contributed by atoms with E-state index in [0.29, 0.717) is 0 Å². The molecule has 0 radical (unpaired) electrons. The fourth-order valence-corrected chi connectivity index (χ4v) is 1.90. The average Bonchev–Trinajstić information content (AvgIpc) is 2.47. The van der Waals surface area contributed by atoms with Crippen LogP contribution < -0.4 is 10.1 Å². The van der Waals surface area contributed by atoms with Crippen LogP contribution in [0.1, 0.15) is 18.1 Å². The minimum atomic E-state index is 0.719. The maximum Gasteiger partial charge on any atom is 0.119 e. The second-order valence-corrected chi connectivity index (χ2v) is 4.51. The zero-order valence-corrected chi connectivity index (χ0v) is 11.4. The van der Waals surface area contributed by atoms with Crippen molar-refractivity contribution in [1.82, 2.24) is 5.32 Å². The molecule has 2 aromatic carbocycles. The van der Waals surface area contributed by atoms with Gasteiger partial charge in [-0.05, 0) is 29.8 Å². The van der Waals surface area contributed by atoms with Crippen LogP contribution in [0.3, 0.4) is 0 Å². The Morgan fingerprint density at radius 3 is 2.32 bits per heavy atom. The largest absolute Gasteiger partial charge is 0.493 e. The van der Waals surface area contributed by atoms with E-state index in [0.717, 1.165) is 31.9 Å². The lowest BCUT2D eigenvalue weighted by Gasteiger charge is -2.07. The van der Waals surface area contributed by atoms with Gasteiger partial charge in [-0.3, -0.25) is 0 Å². The predicted molar refractivity (Wildman–Crippen MR) is 79.5 cm³/mol. The van der Waals surface area contributed by atoms with Crippen LogP contribution in [0.5, 0.6) is 5.75 Å². The highest BCUT2D eigenvalue weighted by Gasteiger charge is 1.96. The minimum absolute atomic E-state index is 0.719. The Kier molecular flexibility index (Phi) is 5.45. The maximum atomic E-state index is 5.75. The van der Waals surface area contributed by atoms with Crippen LogP contribution in [0.2, 0.25) is 0 Å². The van der Waals surface area contributed by atoms with Crippen LogP contribution in [-0.2, 0) is 13.0 Å². The predicted octanol–water partition coefficient (Wildman–Crippen LogP) is 3.42. The molecule has 0 aliphatic heterocycles. The number of benzene rings is 2. The van der Waals surface area contributed by atoms with Crippen molar-refractivity contribution in [2.75, 3.05) is 13.2 Å². The van der Waals surface area contributed by atoms with E-state index < -0.39 is 0 Å². The minimum Gasteiger partial charge on any atom is -0.493 e. The van der Waals surface area contributed by atoms with Crippen LogP contribution in [-0.4, -0.2) is 13.2 Å². The standard InChI is InChI=1S/C17H21NO/c1-2-18-14-16-8-10-17(11-9-16)19-13-12-15-6-4-3-5-7-15/h3-11,18H,2,12-14H2,1H3. The zero-order valence-electron chi connectivity index (χ0n) is 11.4. The van der Waals surface area contributed by atoms with Crippen molar-refractivity contribution in [3.63, 3.8) is 0 Å². The Balaban J connectivity index is 1.77. The van der Waals surface area contributed by atoms with E-state index in [1.54, 1.807) is 0 Å². The number of ether oxygens (including phenoxy) is 1. The molecule has 0 aliphatic rings. The highest BCUT2D eigenvalue weighted by molar-refractivity contribution is 5.27. The molecule has 0 amide bonds. The van der Waals surface area contributed by atoms with E-state index >= 15 is 0 Å². The molecular formula is C17H21NO. The molecule has 100 valence electrons.